The Morgan fingerprint density at radius 3 is 1.53 bits per heavy atom. The average Bonchev–Trinajstić information content (AvgIpc) is 3.25. The lowest BCUT2D eigenvalue weighted by atomic mass is 9.87. The fraction of sp³-hybridized carbons (Fsp3) is 0.294. The van der Waals surface area contributed by atoms with Crippen LogP contribution >= 0.6 is 23.5 Å². The first-order valence-electron chi connectivity index (χ1n) is 13.5. The maximum atomic E-state index is 8.61. The summed E-state index contributed by atoms with van der Waals surface area (Å²) in [6, 6.07) is 31.6. The zero-order valence-corrected chi connectivity index (χ0v) is 23.2. The fourth-order valence-corrected chi connectivity index (χ4v) is 7.30. The van der Waals surface area contributed by atoms with Crippen molar-refractivity contribution in [3.8, 4) is 22.3 Å². The van der Waals surface area contributed by atoms with Crippen molar-refractivity contribution in [3.63, 3.8) is 0 Å². The van der Waals surface area contributed by atoms with E-state index in [0.717, 1.165) is 23.5 Å². The minimum Gasteiger partial charge on any atom is -0.125 e. The molecule has 4 aromatic rings. The van der Waals surface area contributed by atoms with E-state index in [1.54, 1.807) is 23.5 Å². The van der Waals surface area contributed by atoms with E-state index >= 15 is 0 Å². The summed E-state index contributed by atoms with van der Waals surface area (Å²) >= 11 is 3.42. The lowest BCUT2D eigenvalue weighted by Gasteiger charge is -2.17. The number of rotatable bonds is 7. The number of benzene rings is 4. The van der Waals surface area contributed by atoms with E-state index in [1.807, 2.05) is 0 Å². The van der Waals surface area contributed by atoms with Gasteiger partial charge in [-0.3, -0.25) is 0 Å². The molecule has 0 aromatic heterocycles. The summed E-state index contributed by atoms with van der Waals surface area (Å²) < 4.78 is 8.61. The van der Waals surface area contributed by atoms with E-state index in [1.165, 1.54) is 49.4 Å². The molecule has 36 heavy (non-hydrogen) atoms. The van der Waals surface area contributed by atoms with Gasteiger partial charge in [-0.15, -0.1) is 23.5 Å². The van der Waals surface area contributed by atoms with E-state index in [4.69, 9.17) is 1.37 Å². The van der Waals surface area contributed by atoms with Crippen molar-refractivity contribution < 1.29 is 1.37 Å². The molecule has 2 aliphatic carbocycles. The van der Waals surface area contributed by atoms with Gasteiger partial charge in [0.1, 0.15) is 0 Å². The minimum absolute atomic E-state index is 0.205. The molecular weight excluding hydrogens is 473 g/mol. The minimum atomic E-state index is -0.205. The van der Waals surface area contributed by atoms with Gasteiger partial charge in [0.25, 0.3) is 0 Å². The first-order chi connectivity index (χ1) is 17.7. The molecule has 1 unspecified atom stereocenters. The zero-order chi connectivity index (χ0) is 25.8. The van der Waals surface area contributed by atoms with Gasteiger partial charge in [0.2, 0.25) is 0 Å². The molecule has 0 heterocycles. The van der Waals surface area contributed by atoms with Crippen molar-refractivity contribution in [1.29, 1.82) is 0 Å². The third-order valence-corrected chi connectivity index (χ3v) is 9.93. The van der Waals surface area contributed by atoms with Crippen molar-refractivity contribution in [2.75, 3.05) is 11.5 Å². The first kappa shape index (κ1) is 22.8. The van der Waals surface area contributed by atoms with E-state index < -0.39 is 0 Å². The smallest absolute Gasteiger partial charge is 0.0393 e. The Balaban J connectivity index is 1.05. The molecule has 0 amide bonds. The standard InChI is InChI=1S/C34H34S2/c1-33(2)21-25-19-27(33)9-15-31(25)23-5-11-29(12-6-23)35-17-18-36-30-13-7-24(8-14-30)32-16-10-28-20-26(32)22-34(28,3)4/h5-16,19-20H,17-18,21-22H2,1-4H3/i17D. The van der Waals surface area contributed by atoms with Crippen LogP contribution in [0.25, 0.3) is 22.3 Å². The predicted molar refractivity (Wildman–Crippen MR) is 159 cm³/mol. The van der Waals surface area contributed by atoms with Crippen LogP contribution in [0, 0.1) is 0 Å². The highest BCUT2D eigenvalue weighted by atomic mass is 32.2. The van der Waals surface area contributed by atoms with Crippen molar-refractivity contribution >= 4 is 23.5 Å². The molecule has 4 aromatic carbocycles. The third-order valence-electron chi connectivity index (χ3n) is 7.91. The molecule has 0 nitrogen and oxygen atoms in total. The van der Waals surface area contributed by atoms with Gasteiger partial charge in [0, 0.05) is 22.6 Å². The molecule has 1 atom stereocenters. The van der Waals surface area contributed by atoms with Crippen molar-refractivity contribution in [2.24, 2.45) is 0 Å². The van der Waals surface area contributed by atoms with Gasteiger partial charge in [-0.25, -0.2) is 0 Å². The summed E-state index contributed by atoms with van der Waals surface area (Å²) in [5.41, 5.74) is 11.4. The number of fused-ring (bicyclic) bond motifs is 4. The molecule has 2 heteroatoms. The monoisotopic (exact) mass is 507 g/mol. The molecule has 0 saturated heterocycles. The molecule has 0 radical (unpaired) electrons. The highest BCUT2D eigenvalue weighted by Crippen LogP contribution is 2.41. The van der Waals surface area contributed by atoms with Crippen LogP contribution in [0.4, 0.5) is 0 Å². The quantitative estimate of drug-likeness (QED) is 0.228. The Kier molecular flexibility index (Phi) is 5.78. The maximum absolute atomic E-state index is 8.61. The largest absolute Gasteiger partial charge is 0.125 e. The lowest BCUT2D eigenvalue weighted by molar-refractivity contribution is 0.547. The number of hydrogen-bond acceptors (Lipinski definition) is 2. The molecule has 0 N–H and O–H groups in total. The molecule has 0 spiro atoms. The molecule has 6 rings (SSSR count). The van der Waals surface area contributed by atoms with Crippen LogP contribution in [0.2, 0.25) is 0 Å². The summed E-state index contributed by atoms with van der Waals surface area (Å²) in [4.78, 5) is 2.40. The van der Waals surface area contributed by atoms with Crippen molar-refractivity contribution in [1.82, 2.24) is 0 Å². The van der Waals surface area contributed by atoms with Gasteiger partial charge in [-0.1, -0.05) is 88.4 Å². The molecule has 0 saturated carbocycles. The zero-order valence-electron chi connectivity index (χ0n) is 22.6. The molecule has 2 aliphatic rings. The van der Waals surface area contributed by atoms with E-state index in [2.05, 4.69) is 113 Å². The third kappa shape index (κ3) is 4.55. The molecule has 0 aliphatic heterocycles. The summed E-state index contributed by atoms with van der Waals surface area (Å²) in [5.74, 6) is 0.764. The van der Waals surface area contributed by atoms with Gasteiger partial charge in [-0.05, 0) is 92.4 Å². The van der Waals surface area contributed by atoms with Gasteiger partial charge in [0.05, 0.1) is 0 Å². The molecule has 0 fully saturated rings. The predicted octanol–water partition coefficient (Wildman–Crippen LogP) is 9.57. The van der Waals surface area contributed by atoms with Gasteiger partial charge in [-0.2, -0.15) is 0 Å². The Bertz CT molecular complexity index is 1450. The topological polar surface area (TPSA) is 0 Å². The van der Waals surface area contributed by atoms with Crippen LogP contribution in [-0.2, 0) is 23.7 Å². The molecule has 4 bridgehead atoms. The fourth-order valence-electron chi connectivity index (χ4n) is 5.75. The second-order valence-corrected chi connectivity index (χ2v) is 13.6. The Morgan fingerprint density at radius 2 is 1.06 bits per heavy atom. The van der Waals surface area contributed by atoms with Gasteiger partial charge in [0.15, 0.2) is 0 Å². The summed E-state index contributed by atoms with van der Waals surface area (Å²) in [6.45, 7) is 9.31. The summed E-state index contributed by atoms with van der Waals surface area (Å²) in [7, 11) is 0. The SMILES string of the molecule is [2H]C(CSc1ccc(-c2ccc3cc2CC3(C)C)cc1)Sc1ccc(-c2ccc3cc2CC3(C)C)cc1. The molecular formula is C34H34S2. The van der Waals surface area contributed by atoms with Crippen LogP contribution < -0.4 is 0 Å². The second kappa shape index (κ2) is 9.15. The van der Waals surface area contributed by atoms with E-state index in [9.17, 15) is 0 Å². The Labute approximate surface area is 226 Å². The summed E-state index contributed by atoms with van der Waals surface area (Å²) in [5, 5.41) is 0. The Morgan fingerprint density at radius 1 is 0.611 bits per heavy atom. The van der Waals surface area contributed by atoms with E-state index in [0.29, 0.717) is 0 Å². The highest BCUT2D eigenvalue weighted by Gasteiger charge is 2.30. The van der Waals surface area contributed by atoms with Gasteiger partial charge < -0.3 is 0 Å². The highest BCUT2D eigenvalue weighted by molar-refractivity contribution is 8.03. The van der Waals surface area contributed by atoms with Crippen LogP contribution in [0.5, 0.6) is 0 Å². The first-order valence-corrected chi connectivity index (χ1v) is 14.7. The van der Waals surface area contributed by atoms with Crippen LogP contribution in [0.15, 0.2) is 94.7 Å². The summed E-state index contributed by atoms with van der Waals surface area (Å²) in [6.07, 6.45) is 2.23. The normalized spacial score (nSPS) is 17.7. The van der Waals surface area contributed by atoms with Crippen LogP contribution in [0.3, 0.4) is 0 Å². The maximum Gasteiger partial charge on any atom is 0.0393 e. The van der Waals surface area contributed by atoms with E-state index in [-0.39, 0.29) is 16.6 Å². The molecule has 182 valence electrons. The van der Waals surface area contributed by atoms with Crippen molar-refractivity contribution in [3.05, 3.63) is 107 Å². The Hall–Kier alpha value is -2.42. The lowest BCUT2D eigenvalue weighted by Crippen LogP contribution is -2.13. The number of thioether (sulfide) groups is 2. The van der Waals surface area contributed by atoms with Crippen LogP contribution in [0.1, 0.15) is 51.3 Å². The van der Waals surface area contributed by atoms with Crippen molar-refractivity contribution in [2.45, 2.75) is 61.2 Å². The van der Waals surface area contributed by atoms with Crippen LogP contribution in [-0.4, -0.2) is 11.5 Å². The second-order valence-electron chi connectivity index (χ2n) is 11.5. The average molecular weight is 508 g/mol. The number of hydrogen-bond donors (Lipinski definition) is 0. The van der Waals surface area contributed by atoms with Gasteiger partial charge >= 0.3 is 0 Å².